The lowest BCUT2D eigenvalue weighted by Gasteiger charge is -2.27. The molecule has 1 saturated heterocycles. The van der Waals surface area contributed by atoms with Crippen molar-refractivity contribution < 1.29 is 56.3 Å². The lowest BCUT2D eigenvalue weighted by Crippen LogP contribution is -2.42. The molecule has 17 nitrogen and oxygen atoms in total. The highest BCUT2D eigenvalue weighted by Gasteiger charge is 2.51. The zero-order valence-electron chi connectivity index (χ0n) is 15.6. The molecule has 0 saturated carbocycles. The highest BCUT2D eigenvalue weighted by Crippen LogP contribution is 2.66. The summed E-state index contributed by atoms with van der Waals surface area (Å²) in [5.41, 5.74) is 4.27. The van der Waals surface area contributed by atoms with Crippen LogP contribution in [0.15, 0.2) is 12.5 Å². The van der Waals surface area contributed by atoms with E-state index in [1.165, 1.54) is 17.0 Å². The van der Waals surface area contributed by atoms with E-state index in [2.05, 4.69) is 34.1 Å². The van der Waals surface area contributed by atoms with Gasteiger partial charge in [-0.05, 0) is 0 Å². The number of hydrogen-bond acceptors (Lipinski definition) is 12. The van der Waals surface area contributed by atoms with Crippen molar-refractivity contribution in [1.29, 1.82) is 0 Å². The molecule has 0 spiro atoms. The first-order valence-corrected chi connectivity index (χ1v) is 12.8. The Balaban J connectivity index is 1.76. The lowest BCUT2D eigenvalue weighted by atomic mass is 9.97. The van der Waals surface area contributed by atoms with E-state index in [9.17, 15) is 28.6 Å². The van der Waals surface area contributed by atoms with Crippen LogP contribution in [0, 0.1) is 12.3 Å². The van der Waals surface area contributed by atoms with E-state index in [1.807, 2.05) is 0 Å². The molecule has 3 heterocycles. The summed E-state index contributed by atoms with van der Waals surface area (Å²) in [6.07, 6.45) is 5.43. The van der Waals surface area contributed by atoms with Crippen LogP contribution in [0.2, 0.25) is 0 Å². The molecule has 5 atom stereocenters. The predicted octanol–water partition coefficient (Wildman–Crippen LogP) is -0.756. The van der Waals surface area contributed by atoms with Gasteiger partial charge in [-0.25, -0.2) is 23.7 Å². The predicted molar refractivity (Wildman–Crippen MR) is 101 cm³/mol. The number of phosphoric ester groups is 1. The smallest absolute Gasteiger partial charge is 0.389 e. The number of hydrogen-bond donors (Lipinski definition) is 6. The Hall–Kier alpha value is -1.76. The van der Waals surface area contributed by atoms with E-state index < -0.39 is 47.9 Å². The van der Waals surface area contributed by atoms with E-state index in [4.69, 9.17) is 26.7 Å². The van der Waals surface area contributed by atoms with Gasteiger partial charge in [0.05, 0.1) is 18.4 Å². The maximum absolute atomic E-state index is 12.0. The van der Waals surface area contributed by atoms with Gasteiger partial charge < -0.3 is 35.2 Å². The van der Waals surface area contributed by atoms with Crippen molar-refractivity contribution in [2.24, 2.45) is 0 Å². The Kier molecular flexibility index (Phi) is 6.64. The number of nitrogens with zero attached hydrogens (tertiary/aromatic N) is 4. The minimum Gasteiger partial charge on any atom is -0.389 e. The monoisotopic (exact) mass is 515 g/mol. The third kappa shape index (κ3) is 5.41. The largest absolute Gasteiger partial charge is 0.490 e. The van der Waals surface area contributed by atoms with Gasteiger partial charge in [0.15, 0.2) is 11.2 Å². The lowest BCUT2D eigenvalue weighted by molar-refractivity contribution is -0.0702. The number of rotatable bonds is 8. The molecular weight excluding hydrogens is 499 g/mol. The first kappa shape index (κ1) is 24.9. The number of terminal acetylenes is 1. The van der Waals surface area contributed by atoms with E-state index in [1.54, 1.807) is 0 Å². The number of ether oxygens (including phenoxy) is 1. The molecule has 32 heavy (non-hydrogen) atoms. The van der Waals surface area contributed by atoms with Gasteiger partial charge in [-0.3, -0.25) is 4.52 Å². The quantitative estimate of drug-likeness (QED) is 0.186. The zero-order chi connectivity index (χ0) is 23.9. The second-order valence-electron chi connectivity index (χ2n) is 6.32. The fraction of sp³-hybridized carbons (Fsp3) is 0.417. The number of anilines is 1. The maximum Gasteiger partial charge on any atom is 0.490 e. The summed E-state index contributed by atoms with van der Waals surface area (Å²) < 4.78 is 52.7. The average Bonchev–Trinajstić information content (AvgIpc) is 3.19. The molecular formula is C12H16N5O12P3. The third-order valence-corrected chi connectivity index (χ3v) is 7.92. The molecule has 2 aromatic heterocycles. The molecule has 1 aliphatic heterocycles. The number of aliphatic hydroxyl groups is 1. The first-order valence-electron chi connectivity index (χ1n) is 8.23. The summed E-state index contributed by atoms with van der Waals surface area (Å²) in [7, 11) is -16.8. The van der Waals surface area contributed by atoms with Crippen molar-refractivity contribution >= 4 is 35.1 Å². The number of aromatic nitrogens is 4. The van der Waals surface area contributed by atoms with Crippen LogP contribution >= 0.6 is 23.5 Å². The molecule has 2 unspecified atom stereocenters. The summed E-state index contributed by atoms with van der Waals surface area (Å²) in [5.74, 6) is 2.12. The summed E-state index contributed by atoms with van der Waals surface area (Å²) >= 11 is 0. The topological polar surface area (TPSA) is 258 Å². The maximum atomic E-state index is 12.0. The van der Waals surface area contributed by atoms with Crippen molar-refractivity contribution in [3.63, 3.8) is 0 Å². The second kappa shape index (κ2) is 8.54. The second-order valence-corrected chi connectivity index (χ2v) is 10.7. The van der Waals surface area contributed by atoms with E-state index in [0.717, 1.165) is 0 Å². The van der Waals surface area contributed by atoms with Crippen LogP contribution in [-0.2, 0) is 31.6 Å². The molecule has 0 radical (unpaired) electrons. The highest BCUT2D eigenvalue weighted by molar-refractivity contribution is 7.66. The zero-order valence-corrected chi connectivity index (χ0v) is 18.3. The first-order chi connectivity index (χ1) is 14.7. The third-order valence-electron chi connectivity index (χ3n) is 4.14. The average molecular weight is 515 g/mol. The molecule has 2 aromatic rings. The fourth-order valence-corrected chi connectivity index (χ4v) is 5.87. The van der Waals surface area contributed by atoms with Crippen LogP contribution in [0.3, 0.4) is 0 Å². The molecule has 176 valence electrons. The molecule has 0 amide bonds. The van der Waals surface area contributed by atoms with Gasteiger partial charge in [-0.1, -0.05) is 5.92 Å². The molecule has 0 bridgehead atoms. The van der Waals surface area contributed by atoms with E-state index in [0.29, 0.717) is 5.56 Å². The highest BCUT2D eigenvalue weighted by atomic mass is 31.3. The van der Waals surface area contributed by atoms with Gasteiger partial charge in [0.25, 0.3) is 0 Å². The summed E-state index contributed by atoms with van der Waals surface area (Å²) in [6, 6.07) is 0. The van der Waals surface area contributed by atoms with Crippen molar-refractivity contribution in [3.05, 3.63) is 18.1 Å². The van der Waals surface area contributed by atoms with Crippen LogP contribution in [0.5, 0.6) is 0 Å². The van der Waals surface area contributed by atoms with E-state index >= 15 is 0 Å². The van der Waals surface area contributed by atoms with Gasteiger partial charge in [0.1, 0.15) is 12.9 Å². The number of nitrogens with two attached hydrogens (primary N) is 1. The number of fused-ring (bicyclic) bond motifs is 1. The molecule has 1 aliphatic rings. The van der Waals surface area contributed by atoms with Crippen molar-refractivity contribution in [2.45, 2.75) is 24.2 Å². The van der Waals surface area contributed by atoms with Crippen LogP contribution in [0.25, 0.3) is 5.65 Å². The standard InChI is InChI=1S/C12H16N5O12P3/c1-2-12(5-26-31(22,23)29-32(24,25)28-30(19,20)21)9(18)3-8(27-12)7-4-16-17-10(7)14-6-15-11(17)13/h1,4,6,8-9,18H,3,5H2,(H,22,23)(H,24,25)(H2,13,14,15)(H2,19,20,21)/t8-,9+,12-/m1/s1. The fourth-order valence-electron chi connectivity index (χ4n) is 2.82. The Bertz CT molecular complexity index is 1210. The summed E-state index contributed by atoms with van der Waals surface area (Å²) in [5, 5.41) is 14.4. The Morgan fingerprint density at radius 3 is 2.56 bits per heavy atom. The van der Waals surface area contributed by atoms with Gasteiger partial charge >= 0.3 is 23.5 Å². The minimum absolute atomic E-state index is 0.0238. The van der Waals surface area contributed by atoms with Gasteiger partial charge in [-0.2, -0.15) is 18.2 Å². The van der Waals surface area contributed by atoms with Crippen LogP contribution < -0.4 is 5.73 Å². The Morgan fingerprint density at radius 1 is 1.25 bits per heavy atom. The number of aliphatic hydroxyl groups excluding tert-OH is 1. The summed E-state index contributed by atoms with van der Waals surface area (Å²) in [6.45, 7) is -1.03. The molecule has 3 rings (SSSR count). The van der Waals surface area contributed by atoms with Crippen molar-refractivity contribution in [2.75, 3.05) is 12.3 Å². The SMILES string of the molecule is C#C[C@]1(COP(=O)(O)OP(=O)(O)OP(=O)(O)O)O[C@@H](c2cnn3c(N)ncnc23)C[C@@H]1O. The molecule has 7 N–H and O–H groups in total. The Morgan fingerprint density at radius 2 is 1.94 bits per heavy atom. The van der Waals surface area contributed by atoms with Crippen LogP contribution in [0.1, 0.15) is 18.1 Å². The molecule has 0 aliphatic carbocycles. The normalized spacial score (nSPS) is 27.6. The molecule has 1 fully saturated rings. The van der Waals surface area contributed by atoms with E-state index in [-0.39, 0.29) is 18.0 Å². The van der Waals surface area contributed by atoms with Crippen molar-refractivity contribution in [1.82, 2.24) is 19.6 Å². The van der Waals surface area contributed by atoms with Crippen LogP contribution in [0.4, 0.5) is 5.95 Å². The van der Waals surface area contributed by atoms with Crippen LogP contribution in [-0.4, -0.2) is 62.6 Å². The van der Waals surface area contributed by atoms with Gasteiger partial charge in [-0.15, -0.1) is 6.42 Å². The van der Waals surface area contributed by atoms with Crippen molar-refractivity contribution in [3.8, 4) is 12.3 Å². The number of nitrogen functional groups attached to an aromatic ring is 1. The summed E-state index contributed by atoms with van der Waals surface area (Å²) in [4.78, 5) is 43.7. The molecule has 20 heteroatoms. The minimum atomic E-state index is -5.72. The number of phosphoric acid groups is 3. The van der Waals surface area contributed by atoms with Gasteiger partial charge in [0, 0.05) is 12.0 Å². The van der Waals surface area contributed by atoms with Gasteiger partial charge in [0.2, 0.25) is 5.95 Å². The molecule has 0 aromatic carbocycles. The Labute approximate surface area is 178 Å².